The second-order valence-corrected chi connectivity index (χ2v) is 6.33. The number of carbonyl (C=O) groups is 2. The Morgan fingerprint density at radius 1 is 1.14 bits per heavy atom. The van der Waals surface area contributed by atoms with Crippen molar-refractivity contribution >= 4 is 11.9 Å². The van der Waals surface area contributed by atoms with Crippen molar-refractivity contribution in [3.63, 3.8) is 0 Å². The minimum Gasteiger partial charge on any atom is -0.481 e. The zero-order chi connectivity index (χ0) is 15.2. The third-order valence-corrected chi connectivity index (χ3v) is 4.70. The molecule has 0 radical (unpaired) electrons. The molecule has 2 fully saturated rings. The van der Waals surface area contributed by atoms with E-state index in [0.29, 0.717) is 25.8 Å². The van der Waals surface area contributed by atoms with Crippen molar-refractivity contribution in [3.05, 3.63) is 0 Å². The van der Waals surface area contributed by atoms with Crippen LogP contribution in [0.2, 0.25) is 0 Å². The van der Waals surface area contributed by atoms with E-state index in [1.165, 1.54) is 0 Å². The molecular weight excluding hydrogens is 270 g/mol. The van der Waals surface area contributed by atoms with Gasteiger partial charge in [0, 0.05) is 38.6 Å². The van der Waals surface area contributed by atoms with Gasteiger partial charge < -0.3 is 20.2 Å². The predicted molar refractivity (Wildman–Crippen MR) is 80.0 cm³/mol. The topological polar surface area (TPSA) is 72.9 Å². The molecule has 2 atom stereocenters. The molecule has 2 rings (SSSR count). The van der Waals surface area contributed by atoms with Gasteiger partial charge in [0.2, 0.25) is 5.91 Å². The Labute approximate surface area is 126 Å². The zero-order valence-corrected chi connectivity index (χ0v) is 12.9. The molecule has 0 spiro atoms. The first-order valence-corrected chi connectivity index (χ1v) is 7.97. The van der Waals surface area contributed by atoms with Crippen LogP contribution in [0.25, 0.3) is 0 Å². The number of carboxylic acids is 1. The standard InChI is InChI=1S/C15H27N3O3/c1-17-7-9-18(10-8-17)6-2-5-16-14(19)12-3-4-13(11-12)15(20)21/h12-13H,2-11H2,1H3,(H,16,19)(H,20,21). The Morgan fingerprint density at radius 2 is 1.81 bits per heavy atom. The summed E-state index contributed by atoms with van der Waals surface area (Å²) in [5, 5.41) is 11.9. The van der Waals surface area contributed by atoms with E-state index < -0.39 is 5.97 Å². The summed E-state index contributed by atoms with van der Waals surface area (Å²) in [6.07, 6.45) is 2.81. The molecule has 1 saturated heterocycles. The van der Waals surface area contributed by atoms with Crippen LogP contribution in [0.5, 0.6) is 0 Å². The van der Waals surface area contributed by atoms with Crippen LogP contribution >= 0.6 is 0 Å². The molecule has 1 aliphatic heterocycles. The molecule has 6 heteroatoms. The third kappa shape index (κ3) is 4.97. The van der Waals surface area contributed by atoms with E-state index in [0.717, 1.165) is 39.1 Å². The number of carbonyl (C=O) groups excluding carboxylic acids is 1. The number of hydrogen-bond donors (Lipinski definition) is 2. The maximum Gasteiger partial charge on any atom is 0.306 e. The minimum absolute atomic E-state index is 0.0390. The fourth-order valence-electron chi connectivity index (χ4n) is 3.17. The van der Waals surface area contributed by atoms with Crippen molar-refractivity contribution in [1.29, 1.82) is 0 Å². The monoisotopic (exact) mass is 297 g/mol. The Kier molecular flexibility index (Phi) is 5.99. The Hall–Kier alpha value is -1.14. The van der Waals surface area contributed by atoms with Crippen LogP contribution < -0.4 is 5.32 Å². The molecule has 0 aromatic carbocycles. The maximum absolute atomic E-state index is 12.0. The van der Waals surface area contributed by atoms with Crippen LogP contribution in [-0.2, 0) is 9.59 Å². The van der Waals surface area contributed by atoms with Gasteiger partial charge in [-0.15, -0.1) is 0 Å². The highest BCUT2D eigenvalue weighted by atomic mass is 16.4. The average Bonchev–Trinajstić information content (AvgIpc) is 2.95. The van der Waals surface area contributed by atoms with Gasteiger partial charge in [-0.3, -0.25) is 9.59 Å². The van der Waals surface area contributed by atoms with Crippen LogP contribution in [0.3, 0.4) is 0 Å². The average molecular weight is 297 g/mol. The van der Waals surface area contributed by atoms with E-state index in [1.807, 2.05) is 0 Å². The first-order chi connectivity index (χ1) is 10.1. The normalized spacial score (nSPS) is 27.7. The van der Waals surface area contributed by atoms with Gasteiger partial charge in [0.15, 0.2) is 0 Å². The van der Waals surface area contributed by atoms with Crippen molar-refractivity contribution < 1.29 is 14.7 Å². The molecule has 2 aliphatic rings. The van der Waals surface area contributed by atoms with Gasteiger partial charge in [0.1, 0.15) is 0 Å². The molecule has 1 heterocycles. The summed E-state index contributed by atoms with van der Waals surface area (Å²) < 4.78 is 0. The lowest BCUT2D eigenvalue weighted by Gasteiger charge is -2.32. The van der Waals surface area contributed by atoms with Crippen LogP contribution in [0.4, 0.5) is 0 Å². The van der Waals surface area contributed by atoms with Crippen LogP contribution in [0.15, 0.2) is 0 Å². The fraction of sp³-hybridized carbons (Fsp3) is 0.867. The highest BCUT2D eigenvalue weighted by molar-refractivity contribution is 5.80. The van der Waals surface area contributed by atoms with E-state index >= 15 is 0 Å². The van der Waals surface area contributed by atoms with Crippen LogP contribution in [-0.4, -0.2) is 73.1 Å². The maximum atomic E-state index is 12.0. The summed E-state index contributed by atoms with van der Waals surface area (Å²) in [5.74, 6) is -1.15. The molecule has 0 aromatic heterocycles. The zero-order valence-electron chi connectivity index (χ0n) is 12.9. The van der Waals surface area contributed by atoms with Gasteiger partial charge in [-0.05, 0) is 39.3 Å². The number of amides is 1. The molecule has 1 saturated carbocycles. The van der Waals surface area contributed by atoms with Crippen molar-refractivity contribution in [2.45, 2.75) is 25.7 Å². The van der Waals surface area contributed by atoms with E-state index in [9.17, 15) is 9.59 Å². The Morgan fingerprint density at radius 3 is 2.43 bits per heavy atom. The quantitative estimate of drug-likeness (QED) is 0.687. The number of carboxylic acid groups (broad SMARTS) is 1. The summed E-state index contributed by atoms with van der Waals surface area (Å²) in [6, 6.07) is 0. The third-order valence-electron chi connectivity index (χ3n) is 4.70. The lowest BCUT2D eigenvalue weighted by Crippen LogP contribution is -2.45. The molecule has 2 unspecified atom stereocenters. The summed E-state index contributed by atoms with van der Waals surface area (Å²) in [5.41, 5.74) is 0. The summed E-state index contributed by atoms with van der Waals surface area (Å²) >= 11 is 0. The number of aliphatic carboxylic acids is 1. The minimum atomic E-state index is -0.764. The van der Waals surface area contributed by atoms with Gasteiger partial charge in [0.25, 0.3) is 0 Å². The molecule has 1 amide bonds. The number of nitrogens with one attached hydrogen (secondary N) is 1. The second kappa shape index (κ2) is 7.75. The molecule has 1 aliphatic carbocycles. The van der Waals surface area contributed by atoms with Crippen molar-refractivity contribution in [2.75, 3.05) is 46.3 Å². The van der Waals surface area contributed by atoms with Gasteiger partial charge in [0.05, 0.1) is 5.92 Å². The number of likely N-dealkylation sites (N-methyl/N-ethyl adjacent to an activating group) is 1. The first kappa shape index (κ1) is 16.2. The molecule has 0 bridgehead atoms. The fourth-order valence-corrected chi connectivity index (χ4v) is 3.17. The number of hydrogen-bond acceptors (Lipinski definition) is 4. The van der Waals surface area contributed by atoms with Gasteiger partial charge >= 0.3 is 5.97 Å². The molecule has 0 aromatic rings. The summed E-state index contributed by atoms with van der Waals surface area (Å²) in [6.45, 7) is 6.16. The number of piperazine rings is 1. The lowest BCUT2D eigenvalue weighted by molar-refractivity contribution is -0.141. The lowest BCUT2D eigenvalue weighted by atomic mass is 10.0. The van der Waals surface area contributed by atoms with Crippen LogP contribution in [0, 0.1) is 11.8 Å². The predicted octanol–water partition coefficient (Wildman–Crippen LogP) is 0.241. The van der Waals surface area contributed by atoms with E-state index in [2.05, 4.69) is 22.2 Å². The summed E-state index contributed by atoms with van der Waals surface area (Å²) in [7, 11) is 2.14. The largest absolute Gasteiger partial charge is 0.481 e. The molecular formula is C15H27N3O3. The highest BCUT2D eigenvalue weighted by Crippen LogP contribution is 2.30. The highest BCUT2D eigenvalue weighted by Gasteiger charge is 2.33. The van der Waals surface area contributed by atoms with Crippen molar-refractivity contribution in [1.82, 2.24) is 15.1 Å². The molecule has 2 N–H and O–H groups in total. The van der Waals surface area contributed by atoms with E-state index in [-0.39, 0.29) is 17.7 Å². The van der Waals surface area contributed by atoms with Crippen LogP contribution in [0.1, 0.15) is 25.7 Å². The smallest absolute Gasteiger partial charge is 0.306 e. The van der Waals surface area contributed by atoms with Gasteiger partial charge in [-0.25, -0.2) is 0 Å². The first-order valence-electron chi connectivity index (χ1n) is 7.97. The van der Waals surface area contributed by atoms with Gasteiger partial charge in [-0.1, -0.05) is 0 Å². The molecule has 120 valence electrons. The second-order valence-electron chi connectivity index (χ2n) is 6.33. The Bertz CT molecular complexity index is 367. The van der Waals surface area contributed by atoms with Gasteiger partial charge in [-0.2, -0.15) is 0 Å². The van der Waals surface area contributed by atoms with E-state index in [4.69, 9.17) is 5.11 Å². The Balaban J connectivity index is 1.56. The SMILES string of the molecule is CN1CCN(CCCNC(=O)C2CCC(C(=O)O)C2)CC1. The van der Waals surface area contributed by atoms with E-state index in [1.54, 1.807) is 0 Å². The molecule has 6 nitrogen and oxygen atoms in total. The summed E-state index contributed by atoms with van der Waals surface area (Å²) in [4.78, 5) is 27.6. The number of rotatable bonds is 6. The van der Waals surface area contributed by atoms with Crippen molar-refractivity contribution in [2.24, 2.45) is 11.8 Å². The van der Waals surface area contributed by atoms with Crippen molar-refractivity contribution in [3.8, 4) is 0 Å². The number of nitrogens with zero attached hydrogens (tertiary/aromatic N) is 2. The molecule has 21 heavy (non-hydrogen) atoms.